The summed E-state index contributed by atoms with van der Waals surface area (Å²) in [5.74, 6) is -0.733. The molecule has 43 heavy (non-hydrogen) atoms. The summed E-state index contributed by atoms with van der Waals surface area (Å²) in [4.78, 5) is 42.0. The van der Waals surface area contributed by atoms with E-state index in [0.717, 1.165) is 39.4 Å². The first-order valence-corrected chi connectivity index (χ1v) is 15.0. The zero-order valence-electron chi connectivity index (χ0n) is 24.8. The first kappa shape index (κ1) is 31.1. The molecule has 7 nitrogen and oxygen atoms in total. The number of nitrogens with zero attached hydrogens (tertiary/aromatic N) is 1. The second-order valence-electron chi connectivity index (χ2n) is 10.1. The third-order valence-corrected chi connectivity index (χ3v) is 7.71. The molecule has 0 bridgehead atoms. The molecule has 0 atom stereocenters. The lowest BCUT2D eigenvalue weighted by Crippen LogP contribution is -2.30. The SMILES string of the molecule is CCc1cccc(C)c1NC(=O)CSc1cccc(NC(=O)/C(=C\c2ccc(N(C)C)cc2)NC(=O)c2ccccc2)c1. The van der Waals surface area contributed by atoms with Crippen LogP contribution in [0.1, 0.15) is 34.0 Å². The van der Waals surface area contributed by atoms with Gasteiger partial charge in [-0.3, -0.25) is 14.4 Å². The van der Waals surface area contributed by atoms with Gasteiger partial charge >= 0.3 is 0 Å². The molecule has 0 radical (unpaired) electrons. The van der Waals surface area contributed by atoms with Crippen LogP contribution in [0.25, 0.3) is 6.08 Å². The Balaban J connectivity index is 1.47. The van der Waals surface area contributed by atoms with Crippen LogP contribution < -0.4 is 20.9 Å². The molecule has 0 aliphatic heterocycles. The van der Waals surface area contributed by atoms with Crippen LogP contribution in [-0.2, 0) is 16.0 Å². The van der Waals surface area contributed by atoms with Crippen molar-refractivity contribution in [2.24, 2.45) is 0 Å². The van der Waals surface area contributed by atoms with Gasteiger partial charge in [0.15, 0.2) is 0 Å². The highest BCUT2D eigenvalue weighted by Gasteiger charge is 2.16. The molecule has 0 saturated heterocycles. The molecule has 0 spiro atoms. The predicted octanol–water partition coefficient (Wildman–Crippen LogP) is 6.76. The maximum atomic E-state index is 13.5. The van der Waals surface area contributed by atoms with Gasteiger partial charge in [0.25, 0.3) is 11.8 Å². The van der Waals surface area contributed by atoms with Crippen molar-refractivity contribution in [3.05, 3.63) is 125 Å². The van der Waals surface area contributed by atoms with Crippen LogP contribution in [0.4, 0.5) is 17.1 Å². The molecule has 0 aliphatic carbocycles. The Hall–Kier alpha value is -4.82. The molecular weight excluding hydrogens is 556 g/mol. The third-order valence-electron chi connectivity index (χ3n) is 6.72. The molecule has 220 valence electrons. The van der Waals surface area contributed by atoms with Crippen LogP contribution in [0.3, 0.4) is 0 Å². The summed E-state index contributed by atoms with van der Waals surface area (Å²) in [6, 6.07) is 29.7. The molecule has 4 rings (SSSR count). The standard InChI is InChI=1S/C35H36N4O3S/c1-5-26-14-9-11-24(2)33(26)38-32(40)23-43-30-16-10-15-28(22-30)36-35(42)31(37-34(41)27-12-7-6-8-13-27)21-25-17-19-29(20-18-25)39(3)4/h6-22H,5,23H2,1-4H3,(H,36,42)(H,37,41)(H,38,40)/b31-21+. The summed E-state index contributed by atoms with van der Waals surface area (Å²) in [5, 5.41) is 8.71. The summed E-state index contributed by atoms with van der Waals surface area (Å²) in [5.41, 5.74) is 5.87. The summed E-state index contributed by atoms with van der Waals surface area (Å²) in [6.07, 6.45) is 2.48. The number of carbonyl (C=O) groups excluding carboxylic acids is 3. The maximum Gasteiger partial charge on any atom is 0.272 e. The molecule has 0 aliphatic rings. The van der Waals surface area contributed by atoms with Crippen molar-refractivity contribution in [1.29, 1.82) is 0 Å². The minimum absolute atomic E-state index is 0.0995. The van der Waals surface area contributed by atoms with E-state index in [1.54, 1.807) is 36.4 Å². The Morgan fingerprint density at radius 1 is 0.837 bits per heavy atom. The maximum absolute atomic E-state index is 13.5. The van der Waals surface area contributed by atoms with Crippen LogP contribution in [0.15, 0.2) is 108 Å². The zero-order valence-corrected chi connectivity index (χ0v) is 25.6. The van der Waals surface area contributed by atoms with Gasteiger partial charge in [-0.25, -0.2) is 0 Å². The topological polar surface area (TPSA) is 90.5 Å². The Bertz CT molecular complexity index is 1620. The van der Waals surface area contributed by atoms with Gasteiger partial charge in [0, 0.05) is 41.6 Å². The largest absolute Gasteiger partial charge is 0.378 e. The average Bonchev–Trinajstić information content (AvgIpc) is 3.01. The number of rotatable bonds is 11. The fourth-order valence-electron chi connectivity index (χ4n) is 4.37. The highest BCUT2D eigenvalue weighted by molar-refractivity contribution is 8.00. The van der Waals surface area contributed by atoms with Crippen LogP contribution in [0.5, 0.6) is 0 Å². The lowest BCUT2D eigenvalue weighted by molar-refractivity contribution is -0.114. The van der Waals surface area contributed by atoms with Crippen LogP contribution >= 0.6 is 11.8 Å². The molecule has 0 saturated carbocycles. The van der Waals surface area contributed by atoms with Crippen molar-refractivity contribution in [3.8, 4) is 0 Å². The minimum atomic E-state index is -0.465. The van der Waals surface area contributed by atoms with Gasteiger partial charge in [0.1, 0.15) is 5.70 Å². The molecular formula is C35H36N4O3S. The van der Waals surface area contributed by atoms with Crippen LogP contribution in [-0.4, -0.2) is 37.6 Å². The van der Waals surface area contributed by atoms with E-state index in [9.17, 15) is 14.4 Å². The molecule has 0 fully saturated rings. The Kier molecular flexibility index (Phi) is 10.8. The third kappa shape index (κ3) is 8.83. The zero-order chi connectivity index (χ0) is 30.8. The Labute approximate surface area is 257 Å². The van der Waals surface area contributed by atoms with E-state index in [1.165, 1.54) is 11.8 Å². The normalized spacial score (nSPS) is 11.0. The fourth-order valence-corrected chi connectivity index (χ4v) is 5.12. The average molecular weight is 593 g/mol. The van der Waals surface area contributed by atoms with Gasteiger partial charge in [-0.1, -0.05) is 61.5 Å². The van der Waals surface area contributed by atoms with Gasteiger partial charge in [-0.2, -0.15) is 0 Å². The van der Waals surface area contributed by atoms with Crippen molar-refractivity contribution < 1.29 is 14.4 Å². The van der Waals surface area contributed by atoms with E-state index in [1.807, 2.05) is 92.6 Å². The van der Waals surface area contributed by atoms with Crippen LogP contribution in [0.2, 0.25) is 0 Å². The van der Waals surface area contributed by atoms with E-state index in [2.05, 4.69) is 22.9 Å². The number of hydrogen-bond donors (Lipinski definition) is 3. The van der Waals surface area contributed by atoms with E-state index in [-0.39, 0.29) is 23.3 Å². The monoisotopic (exact) mass is 592 g/mol. The number of hydrogen-bond acceptors (Lipinski definition) is 5. The second kappa shape index (κ2) is 14.9. The number of nitrogens with one attached hydrogen (secondary N) is 3. The summed E-state index contributed by atoms with van der Waals surface area (Å²) in [6.45, 7) is 4.05. The van der Waals surface area contributed by atoms with Crippen molar-refractivity contribution in [1.82, 2.24) is 5.32 Å². The number of anilines is 3. The summed E-state index contributed by atoms with van der Waals surface area (Å²) >= 11 is 1.38. The Morgan fingerprint density at radius 3 is 2.26 bits per heavy atom. The molecule has 0 aromatic heterocycles. The fraction of sp³-hybridized carbons (Fsp3) is 0.171. The van der Waals surface area contributed by atoms with Crippen molar-refractivity contribution in [3.63, 3.8) is 0 Å². The Morgan fingerprint density at radius 2 is 1.56 bits per heavy atom. The molecule has 3 N–H and O–H groups in total. The predicted molar refractivity (Wildman–Crippen MR) is 178 cm³/mol. The second-order valence-corrected chi connectivity index (χ2v) is 11.2. The van der Waals surface area contributed by atoms with Gasteiger partial charge in [-0.05, 0) is 78.6 Å². The summed E-state index contributed by atoms with van der Waals surface area (Å²) in [7, 11) is 3.91. The summed E-state index contributed by atoms with van der Waals surface area (Å²) < 4.78 is 0. The first-order valence-electron chi connectivity index (χ1n) is 14.0. The molecule has 3 amide bonds. The van der Waals surface area contributed by atoms with Crippen molar-refractivity contribution in [2.75, 3.05) is 35.4 Å². The minimum Gasteiger partial charge on any atom is -0.378 e. The number of benzene rings is 4. The smallest absolute Gasteiger partial charge is 0.272 e. The van der Waals surface area contributed by atoms with Gasteiger partial charge < -0.3 is 20.9 Å². The van der Waals surface area contributed by atoms with Crippen LogP contribution in [0, 0.1) is 6.92 Å². The van der Waals surface area contributed by atoms with E-state index >= 15 is 0 Å². The molecule has 4 aromatic rings. The highest BCUT2D eigenvalue weighted by atomic mass is 32.2. The highest BCUT2D eigenvalue weighted by Crippen LogP contribution is 2.25. The van der Waals surface area contributed by atoms with E-state index in [0.29, 0.717) is 11.3 Å². The quantitative estimate of drug-likeness (QED) is 0.132. The molecule has 8 heteroatoms. The lowest BCUT2D eigenvalue weighted by Gasteiger charge is -2.14. The van der Waals surface area contributed by atoms with Gasteiger partial charge in [0.05, 0.1) is 5.75 Å². The number of thioether (sulfide) groups is 1. The molecule has 4 aromatic carbocycles. The van der Waals surface area contributed by atoms with Crippen molar-refractivity contribution >= 4 is 52.6 Å². The molecule has 0 heterocycles. The van der Waals surface area contributed by atoms with E-state index in [4.69, 9.17) is 0 Å². The van der Waals surface area contributed by atoms with Gasteiger partial charge in [-0.15, -0.1) is 11.8 Å². The lowest BCUT2D eigenvalue weighted by atomic mass is 10.1. The number of para-hydroxylation sites is 1. The molecule has 0 unspecified atom stereocenters. The first-order chi connectivity index (χ1) is 20.7. The van der Waals surface area contributed by atoms with E-state index < -0.39 is 5.91 Å². The van der Waals surface area contributed by atoms with Crippen molar-refractivity contribution in [2.45, 2.75) is 25.2 Å². The number of aryl methyl sites for hydroxylation is 2. The number of carbonyl (C=O) groups is 3. The number of amides is 3. The van der Waals surface area contributed by atoms with Gasteiger partial charge in [0.2, 0.25) is 5.91 Å².